The minimum absolute atomic E-state index is 0.211. The molecule has 0 radical (unpaired) electrons. The third-order valence-corrected chi connectivity index (χ3v) is 4.31. The topological polar surface area (TPSA) is 75.6 Å². The molecular formula is C18H21NO4S. The Labute approximate surface area is 145 Å². The van der Waals surface area contributed by atoms with E-state index in [1.54, 1.807) is 20.8 Å². The van der Waals surface area contributed by atoms with Gasteiger partial charge in [0.25, 0.3) is 0 Å². The SMILES string of the molecule is CC(C)(C)OC(=O)NC(CSc1cccc2ccccc12)C(=O)O. The molecule has 0 fully saturated rings. The van der Waals surface area contributed by atoms with Crippen molar-refractivity contribution in [2.45, 2.75) is 37.3 Å². The zero-order valence-electron chi connectivity index (χ0n) is 13.9. The van der Waals surface area contributed by atoms with Crippen molar-refractivity contribution >= 4 is 34.6 Å². The van der Waals surface area contributed by atoms with Crippen LogP contribution in [0.25, 0.3) is 10.8 Å². The third kappa shape index (κ3) is 5.16. The Morgan fingerprint density at radius 2 is 1.83 bits per heavy atom. The number of aliphatic carboxylic acids is 1. The molecule has 1 amide bonds. The Kier molecular flexibility index (Phi) is 5.72. The number of carboxylic acids is 1. The molecule has 2 rings (SSSR count). The van der Waals surface area contributed by atoms with Crippen LogP contribution in [-0.4, -0.2) is 34.6 Å². The van der Waals surface area contributed by atoms with E-state index in [0.29, 0.717) is 0 Å². The lowest BCUT2D eigenvalue weighted by Crippen LogP contribution is -2.44. The summed E-state index contributed by atoms with van der Waals surface area (Å²) in [6, 6.07) is 12.8. The predicted octanol–water partition coefficient (Wildman–Crippen LogP) is 3.91. The molecule has 6 heteroatoms. The number of ether oxygens (including phenoxy) is 1. The highest BCUT2D eigenvalue weighted by Gasteiger charge is 2.24. The number of carbonyl (C=O) groups is 2. The third-order valence-electron chi connectivity index (χ3n) is 3.14. The van der Waals surface area contributed by atoms with Gasteiger partial charge < -0.3 is 15.2 Å². The fraction of sp³-hybridized carbons (Fsp3) is 0.333. The number of hydrogen-bond donors (Lipinski definition) is 2. The maximum Gasteiger partial charge on any atom is 0.408 e. The zero-order chi connectivity index (χ0) is 17.7. The highest BCUT2D eigenvalue weighted by Crippen LogP contribution is 2.28. The largest absolute Gasteiger partial charge is 0.480 e. The quantitative estimate of drug-likeness (QED) is 0.802. The second kappa shape index (κ2) is 7.57. The summed E-state index contributed by atoms with van der Waals surface area (Å²) < 4.78 is 5.12. The standard InChI is InChI=1S/C18H21NO4S/c1-18(2,3)23-17(22)19-14(16(20)21)11-24-15-10-6-8-12-7-4-5-9-13(12)15/h4-10,14H,11H2,1-3H3,(H,19,22)(H,20,21). The number of carboxylic acid groups (broad SMARTS) is 1. The van der Waals surface area contributed by atoms with Crippen molar-refractivity contribution in [1.82, 2.24) is 5.32 Å². The van der Waals surface area contributed by atoms with Crippen molar-refractivity contribution in [2.24, 2.45) is 0 Å². The molecule has 0 aromatic heterocycles. The molecule has 1 unspecified atom stereocenters. The number of rotatable bonds is 5. The smallest absolute Gasteiger partial charge is 0.408 e. The number of hydrogen-bond acceptors (Lipinski definition) is 4. The summed E-state index contributed by atoms with van der Waals surface area (Å²) >= 11 is 1.40. The average molecular weight is 347 g/mol. The van der Waals surface area contributed by atoms with E-state index in [0.717, 1.165) is 15.7 Å². The summed E-state index contributed by atoms with van der Waals surface area (Å²) in [6.45, 7) is 5.19. The molecule has 0 saturated heterocycles. The van der Waals surface area contributed by atoms with E-state index in [1.165, 1.54) is 11.8 Å². The number of carbonyl (C=O) groups excluding carboxylic acids is 1. The minimum atomic E-state index is -1.09. The Hall–Kier alpha value is -2.21. The molecule has 0 heterocycles. The van der Waals surface area contributed by atoms with E-state index in [9.17, 15) is 14.7 Å². The van der Waals surface area contributed by atoms with Gasteiger partial charge in [-0.3, -0.25) is 0 Å². The maximum atomic E-state index is 11.8. The highest BCUT2D eigenvalue weighted by atomic mass is 32.2. The molecule has 0 aliphatic rings. The lowest BCUT2D eigenvalue weighted by atomic mass is 10.1. The lowest BCUT2D eigenvalue weighted by molar-refractivity contribution is -0.138. The molecule has 1 atom stereocenters. The van der Waals surface area contributed by atoms with Crippen LogP contribution in [0.3, 0.4) is 0 Å². The molecule has 128 valence electrons. The number of amides is 1. The van der Waals surface area contributed by atoms with Gasteiger partial charge in [0.2, 0.25) is 0 Å². The molecular weight excluding hydrogens is 326 g/mol. The molecule has 2 aromatic carbocycles. The van der Waals surface area contributed by atoms with Crippen molar-refractivity contribution in [2.75, 3.05) is 5.75 Å². The van der Waals surface area contributed by atoms with E-state index in [1.807, 2.05) is 42.5 Å². The van der Waals surface area contributed by atoms with Crippen molar-refractivity contribution < 1.29 is 19.4 Å². The first-order valence-electron chi connectivity index (χ1n) is 7.59. The van der Waals surface area contributed by atoms with Crippen LogP contribution in [0.1, 0.15) is 20.8 Å². The van der Waals surface area contributed by atoms with Gasteiger partial charge in [-0.1, -0.05) is 36.4 Å². The van der Waals surface area contributed by atoms with E-state index >= 15 is 0 Å². The summed E-state index contributed by atoms with van der Waals surface area (Å²) in [4.78, 5) is 24.2. The molecule has 0 spiro atoms. The first-order valence-corrected chi connectivity index (χ1v) is 8.58. The minimum Gasteiger partial charge on any atom is -0.480 e. The van der Waals surface area contributed by atoms with Gasteiger partial charge in [0.1, 0.15) is 11.6 Å². The van der Waals surface area contributed by atoms with Gasteiger partial charge in [0.05, 0.1) is 0 Å². The van der Waals surface area contributed by atoms with E-state index in [-0.39, 0.29) is 5.75 Å². The Bertz CT molecular complexity index is 734. The van der Waals surface area contributed by atoms with Crippen LogP contribution in [-0.2, 0) is 9.53 Å². The second-order valence-corrected chi connectivity index (χ2v) is 7.39. The van der Waals surface area contributed by atoms with Crippen molar-refractivity contribution in [1.29, 1.82) is 0 Å². The predicted molar refractivity (Wildman–Crippen MR) is 95.5 cm³/mol. The normalized spacial score (nSPS) is 12.6. The van der Waals surface area contributed by atoms with Crippen LogP contribution >= 0.6 is 11.8 Å². The number of alkyl carbamates (subject to hydrolysis) is 1. The maximum absolute atomic E-state index is 11.8. The van der Waals surface area contributed by atoms with Gasteiger partial charge in [-0.15, -0.1) is 11.8 Å². The molecule has 5 nitrogen and oxygen atoms in total. The summed E-state index contributed by atoms with van der Waals surface area (Å²) in [7, 11) is 0. The van der Waals surface area contributed by atoms with E-state index < -0.39 is 23.7 Å². The fourth-order valence-electron chi connectivity index (χ4n) is 2.12. The van der Waals surface area contributed by atoms with Crippen LogP contribution < -0.4 is 5.32 Å². The molecule has 0 aliphatic heterocycles. The Balaban J connectivity index is 2.06. The van der Waals surface area contributed by atoms with Gasteiger partial charge in [0, 0.05) is 10.6 Å². The molecule has 0 bridgehead atoms. The number of benzene rings is 2. The molecule has 2 N–H and O–H groups in total. The van der Waals surface area contributed by atoms with Crippen LogP contribution in [0.15, 0.2) is 47.4 Å². The van der Waals surface area contributed by atoms with Crippen molar-refractivity contribution in [3.05, 3.63) is 42.5 Å². The first kappa shape index (κ1) is 18.1. The summed E-state index contributed by atoms with van der Waals surface area (Å²) in [6.07, 6.45) is -0.728. The van der Waals surface area contributed by atoms with Gasteiger partial charge >= 0.3 is 12.1 Å². The number of nitrogens with one attached hydrogen (secondary N) is 1. The molecule has 2 aromatic rings. The van der Waals surface area contributed by atoms with Crippen molar-refractivity contribution in [3.63, 3.8) is 0 Å². The van der Waals surface area contributed by atoms with Gasteiger partial charge in [-0.05, 0) is 37.6 Å². The average Bonchev–Trinajstić information content (AvgIpc) is 2.49. The zero-order valence-corrected chi connectivity index (χ0v) is 14.7. The van der Waals surface area contributed by atoms with Gasteiger partial charge in [-0.25, -0.2) is 9.59 Å². The van der Waals surface area contributed by atoms with E-state index in [2.05, 4.69) is 5.32 Å². The summed E-state index contributed by atoms with van der Waals surface area (Å²) in [5, 5.41) is 13.9. The van der Waals surface area contributed by atoms with Gasteiger partial charge in [-0.2, -0.15) is 0 Å². The number of fused-ring (bicyclic) bond motifs is 1. The first-order chi connectivity index (χ1) is 11.3. The van der Waals surface area contributed by atoms with Crippen LogP contribution in [0.5, 0.6) is 0 Å². The number of thioether (sulfide) groups is 1. The fourth-order valence-corrected chi connectivity index (χ4v) is 3.21. The summed E-state index contributed by atoms with van der Waals surface area (Å²) in [5.74, 6) is -0.878. The van der Waals surface area contributed by atoms with Crippen LogP contribution in [0.4, 0.5) is 4.79 Å². The van der Waals surface area contributed by atoms with E-state index in [4.69, 9.17) is 4.74 Å². The molecule has 0 saturated carbocycles. The molecule has 24 heavy (non-hydrogen) atoms. The monoisotopic (exact) mass is 347 g/mol. The van der Waals surface area contributed by atoms with Crippen LogP contribution in [0.2, 0.25) is 0 Å². The second-order valence-electron chi connectivity index (χ2n) is 6.33. The van der Waals surface area contributed by atoms with Crippen molar-refractivity contribution in [3.8, 4) is 0 Å². The highest BCUT2D eigenvalue weighted by molar-refractivity contribution is 7.99. The van der Waals surface area contributed by atoms with Crippen LogP contribution in [0, 0.1) is 0 Å². The van der Waals surface area contributed by atoms with Gasteiger partial charge in [0.15, 0.2) is 0 Å². The molecule has 0 aliphatic carbocycles. The lowest BCUT2D eigenvalue weighted by Gasteiger charge is -2.22. The Morgan fingerprint density at radius 3 is 2.50 bits per heavy atom. The Morgan fingerprint density at radius 1 is 1.17 bits per heavy atom. The summed E-state index contributed by atoms with van der Waals surface area (Å²) in [5.41, 5.74) is -0.671.